The molecule has 94 valence electrons. The number of nitrogens with one attached hydrogen (secondary N) is 1. The van der Waals surface area contributed by atoms with Gasteiger partial charge in [-0.25, -0.2) is 0 Å². The fraction of sp³-hybridized carbons (Fsp3) is 0.417. The molecule has 1 aromatic carbocycles. The Morgan fingerprint density at radius 3 is 2.47 bits per heavy atom. The largest absolute Gasteiger partial charge is 0.382 e. The minimum absolute atomic E-state index is 0.245. The Kier molecular flexibility index (Phi) is 4.96. The van der Waals surface area contributed by atoms with E-state index in [4.69, 9.17) is 10.5 Å². The molecule has 0 spiro atoms. The molecule has 0 aromatic heterocycles. The molecular weight excluding hydrogens is 284 g/mol. The number of methoxy groups -OCH3 is 1. The number of carbonyl (C=O) groups is 1. The van der Waals surface area contributed by atoms with Crippen molar-refractivity contribution >= 4 is 27.5 Å². The number of anilines is 1. The SMILES string of the molecule is CCC(COC)(Nc1ccc(Br)cc1)C(N)=O. The van der Waals surface area contributed by atoms with Crippen LogP contribution in [0, 0.1) is 0 Å². The molecule has 0 saturated heterocycles. The molecule has 0 bridgehead atoms. The minimum Gasteiger partial charge on any atom is -0.382 e. The second-order valence-corrected chi connectivity index (χ2v) is 4.78. The van der Waals surface area contributed by atoms with Crippen LogP contribution in [0.1, 0.15) is 13.3 Å². The number of amides is 1. The summed E-state index contributed by atoms with van der Waals surface area (Å²) >= 11 is 3.36. The van der Waals surface area contributed by atoms with Crippen LogP contribution in [0.25, 0.3) is 0 Å². The lowest BCUT2D eigenvalue weighted by molar-refractivity contribution is -0.124. The molecule has 0 radical (unpaired) electrons. The van der Waals surface area contributed by atoms with Gasteiger partial charge in [-0.05, 0) is 30.7 Å². The summed E-state index contributed by atoms with van der Waals surface area (Å²) in [7, 11) is 1.55. The summed E-state index contributed by atoms with van der Waals surface area (Å²) in [6.45, 7) is 2.14. The maximum absolute atomic E-state index is 11.6. The summed E-state index contributed by atoms with van der Waals surface area (Å²) in [6, 6.07) is 7.56. The van der Waals surface area contributed by atoms with Gasteiger partial charge in [0.05, 0.1) is 6.61 Å². The number of hydrogen-bond donors (Lipinski definition) is 2. The number of benzene rings is 1. The third-order valence-corrected chi connectivity index (χ3v) is 3.22. The third-order valence-electron chi connectivity index (χ3n) is 2.69. The molecule has 0 aliphatic carbocycles. The molecular formula is C12H17BrN2O2. The fourth-order valence-electron chi connectivity index (χ4n) is 1.59. The summed E-state index contributed by atoms with van der Waals surface area (Å²) in [4.78, 5) is 11.6. The Bertz CT molecular complexity index is 381. The van der Waals surface area contributed by atoms with Gasteiger partial charge in [0.1, 0.15) is 5.54 Å². The van der Waals surface area contributed by atoms with Crippen molar-refractivity contribution in [2.45, 2.75) is 18.9 Å². The number of rotatable bonds is 6. The molecule has 0 saturated carbocycles. The summed E-state index contributed by atoms with van der Waals surface area (Å²) in [5.74, 6) is -0.412. The minimum atomic E-state index is -0.859. The van der Waals surface area contributed by atoms with E-state index in [1.165, 1.54) is 0 Å². The summed E-state index contributed by atoms with van der Waals surface area (Å²) in [5.41, 5.74) is 5.44. The first-order valence-corrected chi connectivity index (χ1v) is 6.16. The molecule has 1 atom stereocenters. The van der Waals surface area contributed by atoms with Crippen LogP contribution in [0.2, 0.25) is 0 Å². The average Bonchev–Trinajstić information content (AvgIpc) is 2.31. The number of primary amides is 1. The van der Waals surface area contributed by atoms with Crippen LogP contribution in [0.15, 0.2) is 28.7 Å². The molecule has 1 rings (SSSR count). The zero-order valence-corrected chi connectivity index (χ0v) is 11.6. The maximum Gasteiger partial charge on any atom is 0.245 e. The highest BCUT2D eigenvalue weighted by atomic mass is 79.9. The molecule has 0 aliphatic heterocycles. The van der Waals surface area contributed by atoms with Gasteiger partial charge in [0.25, 0.3) is 0 Å². The number of nitrogens with two attached hydrogens (primary N) is 1. The van der Waals surface area contributed by atoms with E-state index in [0.29, 0.717) is 6.42 Å². The number of halogens is 1. The van der Waals surface area contributed by atoms with Gasteiger partial charge in [-0.3, -0.25) is 4.79 Å². The van der Waals surface area contributed by atoms with Crippen LogP contribution >= 0.6 is 15.9 Å². The van der Waals surface area contributed by atoms with Crippen molar-refractivity contribution in [1.29, 1.82) is 0 Å². The van der Waals surface area contributed by atoms with Crippen LogP contribution in [0.3, 0.4) is 0 Å². The smallest absolute Gasteiger partial charge is 0.245 e. The van der Waals surface area contributed by atoms with E-state index in [1.807, 2.05) is 31.2 Å². The monoisotopic (exact) mass is 300 g/mol. The molecule has 3 N–H and O–H groups in total. The van der Waals surface area contributed by atoms with Gasteiger partial charge in [-0.15, -0.1) is 0 Å². The van der Waals surface area contributed by atoms with E-state index in [2.05, 4.69) is 21.2 Å². The zero-order chi connectivity index (χ0) is 12.9. The van der Waals surface area contributed by atoms with Gasteiger partial charge in [-0.1, -0.05) is 22.9 Å². The lowest BCUT2D eigenvalue weighted by Gasteiger charge is -2.30. The van der Waals surface area contributed by atoms with E-state index in [1.54, 1.807) is 7.11 Å². The quantitative estimate of drug-likeness (QED) is 0.846. The fourth-order valence-corrected chi connectivity index (χ4v) is 1.85. The first-order chi connectivity index (χ1) is 8.04. The van der Waals surface area contributed by atoms with Crippen molar-refractivity contribution in [3.8, 4) is 0 Å². The lowest BCUT2D eigenvalue weighted by Crippen LogP contribution is -2.53. The Labute approximate surface area is 110 Å². The van der Waals surface area contributed by atoms with Gasteiger partial charge in [0, 0.05) is 17.3 Å². The molecule has 5 heteroatoms. The first kappa shape index (κ1) is 14.0. The van der Waals surface area contributed by atoms with Gasteiger partial charge < -0.3 is 15.8 Å². The van der Waals surface area contributed by atoms with Crippen molar-refractivity contribution in [2.24, 2.45) is 5.73 Å². The van der Waals surface area contributed by atoms with Crippen molar-refractivity contribution in [2.75, 3.05) is 19.0 Å². The van der Waals surface area contributed by atoms with Crippen LogP contribution in [-0.4, -0.2) is 25.2 Å². The third kappa shape index (κ3) is 3.44. The van der Waals surface area contributed by atoms with Gasteiger partial charge in [-0.2, -0.15) is 0 Å². The van der Waals surface area contributed by atoms with Crippen molar-refractivity contribution in [1.82, 2.24) is 0 Å². The predicted molar refractivity (Wildman–Crippen MR) is 71.9 cm³/mol. The Balaban J connectivity index is 2.92. The molecule has 1 amide bonds. The van der Waals surface area contributed by atoms with Crippen LogP contribution in [-0.2, 0) is 9.53 Å². The number of hydrogen-bond acceptors (Lipinski definition) is 3. The Morgan fingerprint density at radius 1 is 1.47 bits per heavy atom. The lowest BCUT2D eigenvalue weighted by atomic mass is 9.95. The van der Waals surface area contributed by atoms with Crippen molar-refractivity contribution in [3.05, 3.63) is 28.7 Å². The number of ether oxygens (including phenoxy) is 1. The van der Waals surface area contributed by atoms with E-state index >= 15 is 0 Å². The second-order valence-electron chi connectivity index (χ2n) is 3.86. The van der Waals surface area contributed by atoms with E-state index in [-0.39, 0.29) is 6.61 Å². The van der Waals surface area contributed by atoms with Gasteiger partial charge >= 0.3 is 0 Å². The first-order valence-electron chi connectivity index (χ1n) is 5.36. The summed E-state index contributed by atoms with van der Waals surface area (Å²) in [6.07, 6.45) is 0.562. The molecule has 0 fully saturated rings. The second kappa shape index (κ2) is 6.02. The van der Waals surface area contributed by atoms with Crippen LogP contribution < -0.4 is 11.1 Å². The Hall–Kier alpha value is -1.07. The molecule has 4 nitrogen and oxygen atoms in total. The van der Waals surface area contributed by atoms with E-state index in [9.17, 15) is 4.79 Å². The van der Waals surface area contributed by atoms with Crippen LogP contribution in [0.4, 0.5) is 5.69 Å². The normalized spacial score (nSPS) is 14.1. The van der Waals surface area contributed by atoms with Crippen LogP contribution in [0.5, 0.6) is 0 Å². The van der Waals surface area contributed by atoms with E-state index in [0.717, 1.165) is 10.2 Å². The van der Waals surface area contributed by atoms with Crippen molar-refractivity contribution < 1.29 is 9.53 Å². The molecule has 1 unspecified atom stereocenters. The highest BCUT2D eigenvalue weighted by molar-refractivity contribution is 9.10. The van der Waals surface area contributed by atoms with E-state index < -0.39 is 11.4 Å². The molecule has 0 heterocycles. The van der Waals surface area contributed by atoms with Crippen molar-refractivity contribution in [3.63, 3.8) is 0 Å². The topological polar surface area (TPSA) is 64.3 Å². The highest BCUT2D eigenvalue weighted by Gasteiger charge is 2.34. The summed E-state index contributed by atoms with van der Waals surface area (Å²) < 4.78 is 6.07. The standard InChI is InChI=1S/C12H17BrN2O2/c1-3-12(8-17-2,11(14)16)15-10-6-4-9(13)5-7-10/h4-7,15H,3,8H2,1-2H3,(H2,14,16). The average molecular weight is 301 g/mol. The molecule has 1 aromatic rings. The predicted octanol–water partition coefficient (Wildman–Crippen LogP) is 2.14. The van der Waals surface area contributed by atoms with Gasteiger partial charge in [0.15, 0.2) is 0 Å². The maximum atomic E-state index is 11.6. The van der Waals surface area contributed by atoms with Gasteiger partial charge in [0.2, 0.25) is 5.91 Å². The highest BCUT2D eigenvalue weighted by Crippen LogP contribution is 2.21. The molecule has 17 heavy (non-hydrogen) atoms. The molecule has 0 aliphatic rings. The zero-order valence-electron chi connectivity index (χ0n) is 10.00. The summed E-state index contributed by atoms with van der Waals surface area (Å²) in [5, 5.41) is 3.15. The Morgan fingerprint density at radius 2 is 2.06 bits per heavy atom. The number of carbonyl (C=O) groups excluding carboxylic acids is 1.